The Morgan fingerprint density at radius 1 is 0.343 bits per heavy atom. The SMILES string of the molecule is CC(C)[Si](OC[C@H]1CN(Cc2ccccc2)C[C@@H]1CO)(C(C)C)C(C)C.CC(C)[Si](OC[C@H]1CNC[C@@H]1CO)(C(C)C)C(C)C.CC(C)[Si](OC[C@H]1CNC[C@@H]1CO[Si](C(C)C)(C(C)C)C(C)C)(C(C)C)C(C)C.CCOC(=O)/C=C/C(=O)OCC.CCOC(=O)[C@H]1CN(Cc2ccccc2)C[C@@H]1C(=O)OCC.COCN(Cc1ccccc1)C[Si](C)(C)C.OC[C@H]1CN(Cc2ccccc2)C[C@@H]1CO. The molecule has 4 aromatic rings. The summed E-state index contributed by atoms with van der Waals surface area (Å²) in [6.07, 6.45) is 3.26. The van der Waals surface area contributed by atoms with E-state index in [0.717, 1.165) is 123 Å². The van der Waals surface area contributed by atoms with Crippen LogP contribution in [0.15, 0.2) is 133 Å². The zero-order chi connectivity index (χ0) is 105. The lowest BCUT2D eigenvalue weighted by atomic mass is 9.96. The van der Waals surface area contributed by atoms with Crippen LogP contribution in [0.4, 0.5) is 0 Å². The van der Waals surface area contributed by atoms with Crippen LogP contribution in [-0.4, -0.2) is 270 Å². The van der Waals surface area contributed by atoms with Crippen molar-refractivity contribution >= 4 is 65.2 Å². The average molecular weight is 2050 g/mol. The summed E-state index contributed by atoms with van der Waals surface area (Å²) < 4.78 is 51.9. The second-order valence-electron chi connectivity index (χ2n) is 44.7. The molecule has 5 aliphatic rings. The largest absolute Gasteiger partial charge is 0.466 e. The molecule has 0 radical (unpaired) electrons. The smallest absolute Gasteiger partial charge is 0.330 e. The molecule has 0 aliphatic carbocycles. The van der Waals surface area contributed by atoms with E-state index in [0.29, 0.717) is 148 Å². The molecule has 6 N–H and O–H groups in total. The summed E-state index contributed by atoms with van der Waals surface area (Å²) in [5.74, 6) is 0.666. The number of esters is 4. The average Bonchev–Trinajstić information content (AvgIpc) is 1.14. The van der Waals surface area contributed by atoms with Gasteiger partial charge in [-0.05, 0) is 146 Å². The van der Waals surface area contributed by atoms with Crippen molar-refractivity contribution in [3.8, 4) is 0 Å². The lowest BCUT2D eigenvalue weighted by molar-refractivity contribution is -0.157. The number of aliphatic hydroxyl groups excluding tert-OH is 4. The van der Waals surface area contributed by atoms with Crippen molar-refractivity contribution in [1.29, 1.82) is 0 Å². The van der Waals surface area contributed by atoms with E-state index < -0.39 is 65.1 Å². The molecule has 0 saturated carbocycles. The van der Waals surface area contributed by atoms with Gasteiger partial charge >= 0.3 is 23.9 Å². The van der Waals surface area contributed by atoms with Crippen molar-refractivity contribution < 1.29 is 81.0 Å². The Morgan fingerprint density at radius 2 is 0.579 bits per heavy atom. The van der Waals surface area contributed by atoms with Gasteiger partial charge < -0.3 is 72.4 Å². The zero-order valence-corrected chi connectivity index (χ0v) is 98.6. The Kier molecular flexibility index (Phi) is 61.8. The number of nitrogens with zero attached hydrogens (tertiary/aromatic N) is 4. The summed E-state index contributed by atoms with van der Waals surface area (Å²) in [5, 5.41) is 44.8. The highest BCUT2D eigenvalue weighted by Crippen LogP contribution is 2.48. The van der Waals surface area contributed by atoms with Crippen LogP contribution in [0, 0.1) is 59.2 Å². The predicted molar refractivity (Wildman–Crippen MR) is 590 cm³/mol. The Bertz CT molecular complexity index is 3780. The quantitative estimate of drug-likeness (QED) is 0.00789. The van der Waals surface area contributed by atoms with Crippen LogP contribution >= 0.6 is 0 Å². The summed E-state index contributed by atoms with van der Waals surface area (Å²) in [7, 11) is -6.48. The number of aliphatic hydroxyl groups is 4. The molecule has 28 heteroatoms. The van der Waals surface area contributed by atoms with Gasteiger partial charge in [-0.1, -0.05) is 307 Å². The standard InChI is InChI=1S/C24H53NO2Si2.C22H39NO2Si.C17H23NO4.C15H33NO2Si.C13H19NO2.C13H23NOSi.C8H12O4/c1-17(2)28(18(3)4,19(5)6)26-15-23-13-25-14-24(23)16-27-29(20(7)8,21(9)10)22(11)12;1-17(2)26(18(3)4,19(5)6)25-16-22-14-23(13-21(22)15-24)12-20-10-8-7-9-11-20;1-3-21-16(19)14-11-18(10-13-8-6-5-7-9-13)12-15(14)17(20)22-4-2;1-11(2)19(12(3)4,13(5)6)18-10-15-8-16-7-14(15)9-17;15-9-12-7-14(8-13(12)10-16)6-11-4-2-1-3-5-11;1-15-11-14(12-16(2,3)4)10-13-8-6-5-7-9-13;1-3-11-7(9)5-6-8(10)12-4-2/h17-25H,13-16H2,1-12H3;7-11,17-19,21-22,24H,12-16H2,1-6H3;5-9,14-15H,3-4,10-12H2,1-2H3;11-17H,7-10H2,1-6H3;1-5,12-13,15-16H,6-10H2;5-9H,10-12H2,1-4H3;5-6H,3-4H2,1-2H3/b;;;;;;6-5+/t23-,24-;21-,22-;2*14-,15-;12-,13-;;/m11011../s1. The minimum atomic E-state index is -1.83. The Morgan fingerprint density at radius 3 is 0.829 bits per heavy atom. The van der Waals surface area contributed by atoms with Gasteiger partial charge in [-0.3, -0.25) is 29.2 Å². The maximum atomic E-state index is 12.1. The highest BCUT2D eigenvalue weighted by atomic mass is 28.4. The van der Waals surface area contributed by atoms with Crippen molar-refractivity contribution in [2.75, 3.05) is 165 Å². The van der Waals surface area contributed by atoms with Crippen LogP contribution in [0.25, 0.3) is 0 Å². The molecule has 5 heterocycles. The molecule has 802 valence electrons. The second kappa shape index (κ2) is 67.1. The minimum Gasteiger partial charge on any atom is -0.466 e. The number of carbonyl (C=O) groups excluding carboxylic acids is 4. The third-order valence-electron chi connectivity index (χ3n) is 29.7. The second-order valence-corrected chi connectivity index (χ2v) is 72.0. The van der Waals surface area contributed by atoms with Gasteiger partial charge in [0.1, 0.15) is 0 Å². The predicted octanol–water partition coefficient (Wildman–Crippen LogP) is 21.4. The fourth-order valence-corrected chi connectivity index (χ4v) is 46.9. The molecule has 23 nitrogen and oxygen atoms in total. The van der Waals surface area contributed by atoms with Crippen LogP contribution in [-0.2, 0) is 86.7 Å². The van der Waals surface area contributed by atoms with Crippen molar-refractivity contribution in [1.82, 2.24) is 30.2 Å². The first kappa shape index (κ1) is 129. The van der Waals surface area contributed by atoms with E-state index >= 15 is 0 Å². The molecule has 0 spiro atoms. The molecule has 10 atom stereocenters. The van der Waals surface area contributed by atoms with Gasteiger partial charge in [0.05, 0.1) is 53.1 Å². The van der Waals surface area contributed by atoms with Crippen LogP contribution in [0.3, 0.4) is 0 Å². The molecule has 0 bridgehead atoms. The third-order valence-corrected chi connectivity index (χ3v) is 55.4. The van der Waals surface area contributed by atoms with Crippen LogP contribution < -0.4 is 10.6 Å². The number of carbonyl (C=O) groups is 4. The fraction of sp³-hybridized carbons (Fsp3) is 0.732. The minimum absolute atomic E-state index is 0.177. The van der Waals surface area contributed by atoms with Gasteiger partial charge in [0.2, 0.25) is 0 Å². The maximum absolute atomic E-state index is 12.1. The van der Waals surface area contributed by atoms with Crippen LogP contribution in [0.5, 0.6) is 0 Å². The van der Waals surface area contributed by atoms with E-state index in [-0.39, 0.29) is 50.2 Å². The molecule has 5 saturated heterocycles. The number of ether oxygens (including phenoxy) is 5. The van der Waals surface area contributed by atoms with Gasteiger partial charge in [-0.25, -0.2) is 9.59 Å². The van der Waals surface area contributed by atoms with Gasteiger partial charge in [-0.2, -0.15) is 0 Å². The number of hydrogen-bond donors (Lipinski definition) is 6. The molecular formula is C112H202N6O17Si5. The van der Waals surface area contributed by atoms with Crippen LogP contribution in [0.2, 0.25) is 86.1 Å². The summed E-state index contributed by atoms with van der Waals surface area (Å²) in [4.78, 5) is 54.8. The number of methoxy groups -OCH3 is 1. The third kappa shape index (κ3) is 41.6. The lowest BCUT2D eigenvalue weighted by Gasteiger charge is -2.44. The van der Waals surface area contributed by atoms with Crippen molar-refractivity contribution in [2.45, 2.75) is 306 Å². The maximum Gasteiger partial charge on any atom is 0.330 e. The molecule has 140 heavy (non-hydrogen) atoms. The summed E-state index contributed by atoms with van der Waals surface area (Å²) in [6.45, 7) is 89.4. The Balaban J connectivity index is 0.000000427. The molecule has 5 aliphatic heterocycles. The normalized spacial score (nSPS) is 20.6. The van der Waals surface area contributed by atoms with Gasteiger partial charge in [0, 0.05) is 187 Å². The topological polar surface area (TPSA) is 269 Å². The van der Waals surface area contributed by atoms with Crippen molar-refractivity contribution in [2.24, 2.45) is 59.2 Å². The Labute approximate surface area is 856 Å². The molecular weight excluding hydrogens is 1840 g/mol. The molecule has 9 rings (SSSR count). The van der Waals surface area contributed by atoms with Gasteiger partial charge in [-0.15, -0.1) is 0 Å². The van der Waals surface area contributed by atoms with E-state index in [1.165, 1.54) is 22.9 Å². The number of hydrogen-bond acceptors (Lipinski definition) is 23. The van der Waals surface area contributed by atoms with E-state index in [1.54, 1.807) is 34.8 Å². The van der Waals surface area contributed by atoms with Crippen LogP contribution in [0.1, 0.15) is 216 Å². The number of nitrogens with one attached hydrogen (secondary N) is 2. The molecule has 0 aromatic heterocycles. The lowest BCUT2D eigenvalue weighted by Crippen LogP contribution is -2.50. The molecule has 0 unspecified atom stereocenters. The number of likely N-dealkylation sites (tertiary alicyclic amines) is 3. The van der Waals surface area contributed by atoms with E-state index in [2.05, 4.69) is 298 Å². The van der Waals surface area contributed by atoms with E-state index in [9.17, 15) is 39.6 Å². The fourth-order valence-electron chi connectivity index (χ4n) is 23.4. The Hall–Kier alpha value is -5.02. The van der Waals surface area contributed by atoms with E-state index in [4.69, 9.17) is 31.9 Å². The first-order valence-corrected chi connectivity index (χ1v) is 65.8. The summed E-state index contributed by atoms with van der Waals surface area (Å²) in [5.41, 5.74) is 12.8. The van der Waals surface area contributed by atoms with Gasteiger partial charge in [0.25, 0.3) is 0 Å². The first-order chi connectivity index (χ1) is 66.2. The van der Waals surface area contributed by atoms with Crippen molar-refractivity contribution in [3.05, 3.63) is 156 Å². The molecule has 5 fully saturated rings. The van der Waals surface area contributed by atoms with E-state index in [1.807, 2.05) is 48.5 Å². The highest BCUT2D eigenvalue weighted by Gasteiger charge is 2.51. The number of benzene rings is 4. The first-order valence-electron chi connectivity index (χ1n) is 53.5. The molecule has 4 aromatic carbocycles. The zero-order valence-electron chi connectivity index (χ0n) is 93.6. The summed E-state index contributed by atoms with van der Waals surface area (Å²) >= 11 is 0. The number of rotatable bonds is 48. The molecule has 0 amide bonds. The van der Waals surface area contributed by atoms with Crippen molar-refractivity contribution in [3.63, 3.8) is 0 Å². The van der Waals surface area contributed by atoms with Gasteiger partial charge in [0.15, 0.2) is 33.3 Å². The monoisotopic (exact) mass is 2040 g/mol. The summed E-state index contributed by atoms with van der Waals surface area (Å²) in [6, 6.07) is 41.6. The highest BCUT2D eigenvalue weighted by molar-refractivity contribution is 6.79.